The number of rotatable bonds is 6. The fraction of sp³-hybridized carbons (Fsp3) is 0.364. The van der Waals surface area contributed by atoms with Gasteiger partial charge in [-0.25, -0.2) is 4.79 Å². The third-order valence-electron chi connectivity index (χ3n) is 4.98. The van der Waals surface area contributed by atoms with E-state index in [0.29, 0.717) is 11.4 Å². The average Bonchev–Trinajstić information content (AvgIpc) is 2.71. The molecule has 1 heterocycles. The Morgan fingerprint density at radius 3 is 2.52 bits per heavy atom. The van der Waals surface area contributed by atoms with Crippen LogP contribution in [0.15, 0.2) is 42.5 Å². The van der Waals surface area contributed by atoms with Gasteiger partial charge in [-0.15, -0.1) is 0 Å². The van der Waals surface area contributed by atoms with Crippen LogP contribution in [0, 0.1) is 6.92 Å². The first-order valence-corrected chi connectivity index (χ1v) is 9.86. The Labute approximate surface area is 171 Å². The van der Waals surface area contributed by atoms with Gasteiger partial charge >= 0.3 is 6.03 Å². The molecule has 0 spiro atoms. The Kier molecular flexibility index (Phi) is 7.08. The molecule has 0 aliphatic carbocycles. The number of amides is 3. The number of ether oxygens (including phenoxy) is 1. The lowest BCUT2D eigenvalue weighted by Crippen LogP contribution is -2.43. The maximum Gasteiger partial charge on any atom is 0.323 e. The lowest BCUT2D eigenvalue weighted by molar-refractivity contribution is -0.121. The number of para-hydroxylation sites is 1. The lowest BCUT2D eigenvalue weighted by Gasteiger charge is -2.23. The molecule has 4 N–H and O–H groups in total. The van der Waals surface area contributed by atoms with Gasteiger partial charge in [0.15, 0.2) is 0 Å². The molecular weight excluding hydrogens is 368 g/mol. The van der Waals surface area contributed by atoms with E-state index in [0.717, 1.165) is 42.7 Å². The highest BCUT2D eigenvalue weighted by Crippen LogP contribution is 2.26. The first kappa shape index (κ1) is 20.7. The molecule has 1 saturated heterocycles. The molecule has 0 atom stereocenters. The molecular formula is C22H28N4O3. The highest BCUT2D eigenvalue weighted by Gasteiger charge is 2.16. The molecule has 2 aromatic rings. The van der Waals surface area contributed by atoms with Crippen LogP contribution in [0.5, 0.6) is 5.75 Å². The summed E-state index contributed by atoms with van der Waals surface area (Å²) in [6.07, 6.45) is 2.18. The fourth-order valence-electron chi connectivity index (χ4n) is 3.37. The quantitative estimate of drug-likeness (QED) is 0.604. The molecule has 1 aliphatic heterocycles. The average molecular weight is 396 g/mol. The molecule has 0 saturated carbocycles. The smallest absolute Gasteiger partial charge is 0.323 e. The van der Waals surface area contributed by atoms with Crippen molar-refractivity contribution in [3.63, 3.8) is 0 Å². The number of nitrogens with one attached hydrogen (secondary N) is 4. The Bertz CT molecular complexity index is 863. The second kappa shape index (κ2) is 9.93. The SMILES string of the molecule is COc1cc(CC(=O)NC2CCNCC2)ccc1NC(=O)Nc1ccccc1C. The molecule has 0 aromatic heterocycles. The van der Waals surface area contributed by atoms with Crippen molar-refractivity contribution >= 4 is 23.3 Å². The van der Waals surface area contributed by atoms with Crippen LogP contribution < -0.4 is 26.0 Å². The van der Waals surface area contributed by atoms with Gasteiger partial charge in [-0.1, -0.05) is 24.3 Å². The van der Waals surface area contributed by atoms with E-state index in [9.17, 15) is 9.59 Å². The van der Waals surface area contributed by atoms with E-state index >= 15 is 0 Å². The topological polar surface area (TPSA) is 91.5 Å². The summed E-state index contributed by atoms with van der Waals surface area (Å²) in [4.78, 5) is 24.7. The zero-order chi connectivity index (χ0) is 20.6. The summed E-state index contributed by atoms with van der Waals surface area (Å²) in [5, 5.41) is 12.0. The van der Waals surface area contributed by atoms with Gasteiger partial charge < -0.3 is 26.0 Å². The molecule has 7 heteroatoms. The van der Waals surface area contributed by atoms with Gasteiger partial charge in [-0.2, -0.15) is 0 Å². The molecule has 154 valence electrons. The number of carbonyl (C=O) groups excluding carboxylic acids is 2. The van der Waals surface area contributed by atoms with Crippen molar-refractivity contribution in [2.24, 2.45) is 0 Å². The van der Waals surface area contributed by atoms with Crippen LogP contribution in [0.4, 0.5) is 16.2 Å². The summed E-state index contributed by atoms with van der Waals surface area (Å²) in [7, 11) is 1.54. The number of anilines is 2. The first-order valence-electron chi connectivity index (χ1n) is 9.86. The van der Waals surface area contributed by atoms with Crippen LogP contribution in [0.2, 0.25) is 0 Å². The van der Waals surface area contributed by atoms with Gasteiger partial charge in [-0.3, -0.25) is 4.79 Å². The number of methoxy groups -OCH3 is 1. The van der Waals surface area contributed by atoms with E-state index in [1.165, 1.54) is 0 Å². The number of benzene rings is 2. The minimum atomic E-state index is -0.353. The molecule has 1 aliphatic rings. The Morgan fingerprint density at radius 2 is 1.79 bits per heavy atom. The minimum Gasteiger partial charge on any atom is -0.495 e. The molecule has 7 nitrogen and oxygen atoms in total. The van der Waals surface area contributed by atoms with Gasteiger partial charge in [0, 0.05) is 11.7 Å². The van der Waals surface area contributed by atoms with Crippen LogP contribution in [0.3, 0.4) is 0 Å². The maximum absolute atomic E-state index is 12.3. The highest BCUT2D eigenvalue weighted by atomic mass is 16.5. The van der Waals surface area contributed by atoms with Crippen molar-refractivity contribution in [2.45, 2.75) is 32.2 Å². The minimum absolute atomic E-state index is 0.00282. The summed E-state index contributed by atoms with van der Waals surface area (Å²) in [5.41, 5.74) is 3.10. The van der Waals surface area contributed by atoms with Crippen molar-refractivity contribution in [1.82, 2.24) is 10.6 Å². The van der Waals surface area contributed by atoms with Crippen LogP contribution in [0.1, 0.15) is 24.0 Å². The first-order chi connectivity index (χ1) is 14.0. The number of hydrogen-bond donors (Lipinski definition) is 4. The van der Waals surface area contributed by atoms with E-state index in [2.05, 4.69) is 21.3 Å². The number of aryl methyl sites for hydroxylation is 1. The van der Waals surface area contributed by atoms with Crippen LogP contribution in [-0.4, -0.2) is 38.2 Å². The van der Waals surface area contributed by atoms with Gasteiger partial charge in [0.1, 0.15) is 5.75 Å². The van der Waals surface area contributed by atoms with Gasteiger partial charge in [-0.05, 0) is 62.2 Å². The Balaban J connectivity index is 1.60. The van der Waals surface area contributed by atoms with Crippen molar-refractivity contribution < 1.29 is 14.3 Å². The second-order valence-electron chi connectivity index (χ2n) is 7.20. The predicted octanol–water partition coefficient (Wildman–Crippen LogP) is 3.06. The molecule has 0 bridgehead atoms. The molecule has 29 heavy (non-hydrogen) atoms. The molecule has 1 fully saturated rings. The van der Waals surface area contributed by atoms with Crippen molar-refractivity contribution in [3.8, 4) is 5.75 Å². The highest BCUT2D eigenvalue weighted by molar-refractivity contribution is 6.01. The van der Waals surface area contributed by atoms with Gasteiger partial charge in [0.05, 0.1) is 19.2 Å². The van der Waals surface area contributed by atoms with E-state index in [1.54, 1.807) is 19.2 Å². The van der Waals surface area contributed by atoms with Gasteiger partial charge in [0.2, 0.25) is 5.91 Å². The second-order valence-corrected chi connectivity index (χ2v) is 7.20. The zero-order valence-corrected chi connectivity index (χ0v) is 16.9. The van der Waals surface area contributed by atoms with Crippen LogP contribution >= 0.6 is 0 Å². The van der Waals surface area contributed by atoms with Crippen molar-refractivity contribution in [1.29, 1.82) is 0 Å². The Hall–Kier alpha value is -3.06. The summed E-state index contributed by atoms with van der Waals surface area (Å²) in [6, 6.07) is 12.8. The van der Waals surface area contributed by atoms with E-state index in [1.807, 2.05) is 37.3 Å². The number of carbonyl (C=O) groups is 2. The van der Waals surface area contributed by atoms with E-state index in [4.69, 9.17) is 4.74 Å². The third kappa shape index (κ3) is 5.96. The van der Waals surface area contributed by atoms with Gasteiger partial charge in [0.25, 0.3) is 0 Å². The molecule has 0 unspecified atom stereocenters. The summed E-state index contributed by atoms with van der Waals surface area (Å²) in [5.74, 6) is 0.508. The number of urea groups is 1. The monoisotopic (exact) mass is 396 g/mol. The summed E-state index contributed by atoms with van der Waals surface area (Å²) >= 11 is 0. The normalized spacial score (nSPS) is 14.1. The molecule has 3 amide bonds. The largest absolute Gasteiger partial charge is 0.495 e. The standard InChI is InChI=1S/C22H28N4O3/c1-15-5-3-4-6-18(15)25-22(28)26-19-8-7-16(13-20(19)29-2)14-21(27)24-17-9-11-23-12-10-17/h3-8,13,17,23H,9-12,14H2,1-2H3,(H,24,27)(H2,25,26,28). The summed E-state index contributed by atoms with van der Waals surface area (Å²) < 4.78 is 5.41. The number of hydrogen-bond acceptors (Lipinski definition) is 4. The summed E-state index contributed by atoms with van der Waals surface area (Å²) in [6.45, 7) is 3.80. The molecule has 3 rings (SSSR count). The van der Waals surface area contributed by atoms with Crippen molar-refractivity contribution in [2.75, 3.05) is 30.8 Å². The van der Waals surface area contributed by atoms with E-state index < -0.39 is 0 Å². The third-order valence-corrected chi connectivity index (χ3v) is 4.98. The maximum atomic E-state index is 12.3. The molecule has 2 aromatic carbocycles. The number of piperidine rings is 1. The Morgan fingerprint density at radius 1 is 1.07 bits per heavy atom. The van der Waals surface area contributed by atoms with Crippen LogP contribution in [-0.2, 0) is 11.2 Å². The van der Waals surface area contributed by atoms with Crippen molar-refractivity contribution in [3.05, 3.63) is 53.6 Å². The van der Waals surface area contributed by atoms with Crippen LogP contribution in [0.25, 0.3) is 0 Å². The molecule has 0 radical (unpaired) electrons. The van der Waals surface area contributed by atoms with E-state index in [-0.39, 0.29) is 24.4 Å². The zero-order valence-electron chi connectivity index (χ0n) is 16.9. The lowest BCUT2D eigenvalue weighted by atomic mass is 10.1. The fourth-order valence-corrected chi connectivity index (χ4v) is 3.37. The predicted molar refractivity (Wildman–Crippen MR) is 115 cm³/mol.